The number of hydrogen-bond donors (Lipinski definition) is 3. The molecule has 1 heterocycles. The molecule has 2 aliphatic rings. The minimum atomic E-state index is -0.473. The van der Waals surface area contributed by atoms with Crippen molar-refractivity contribution in [1.29, 1.82) is 0 Å². The number of amides is 4. The van der Waals surface area contributed by atoms with Gasteiger partial charge in [0.15, 0.2) is 0 Å². The van der Waals surface area contributed by atoms with Gasteiger partial charge in [0.05, 0.1) is 21.7 Å². The van der Waals surface area contributed by atoms with E-state index in [4.69, 9.17) is 23.2 Å². The van der Waals surface area contributed by atoms with E-state index in [1.807, 2.05) is 36.4 Å². The molecule has 38 heavy (non-hydrogen) atoms. The van der Waals surface area contributed by atoms with Crippen molar-refractivity contribution in [1.82, 2.24) is 20.9 Å². The second-order valence-electron chi connectivity index (χ2n) is 9.58. The van der Waals surface area contributed by atoms with Crippen LogP contribution in [0.1, 0.15) is 55.8 Å². The van der Waals surface area contributed by atoms with E-state index >= 15 is 0 Å². The fourth-order valence-electron chi connectivity index (χ4n) is 5.03. The number of rotatable bonds is 7. The van der Waals surface area contributed by atoms with Gasteiger partial charge in [-0.05, 0) is 41.7 Å². The zero-order valence-corrected chi connectivity index (χ0v) is 22.2. The molecule has 7 nitrogen and oxygen atoms in total. The number of urea groups is 1. The third-order valence-corrected chi connectivity index (χ3v) is 7.69. The van der Waals surface area contributed by atoms with Crippen LogP contribution in [0.5, 0.6) is 0 Å². The number of nitrogens with zero attached hydrogens (tertiary/aromatic N) is 1. The summed E-state index contributed by atoms with van der Waals surface area (Å²) in [4.78, 5) is 39.7. The molecule has 196 valence electrons. The van der Waals surface area contributed by atoms with Gasteiger partial charge in [0.25, 0.3) is 11.8 Å². The molecule has 1 aliphatic heterocycles. The predicted molar refractivity (Wildman–Crippen MR) is 148 cm³/mol. The number of benzene rings is 3. The summed E-state index contributed by atoms with van der Waals surface area (Å²) in [6.45, 7) is 1.66. The van der Waals surface area contributed by atoms with Gasteiger partial charge in [-0.1, -0.05) is 77.8 Å². The Kier molecular flexibility index (Phi) is 7.86. The molecule has 3 aromatic carbocycles. The van der Waals surface area contributed by atoms with Gasteiger partial charge in [0.2, 0.25) is 0 Å². The standard InChI is InChI=1S/C29H28Cl2N4O3/c30-23-14-20(28(37)35-16-21(17-35)18-6-2-1-3-7-18)15-24(31)26(23)27(36)32-12-13-33-29(38)34-25-11-10-19-8-4-5-9-22(19)25/h1-9,14-15,21,25H,10-13,16-17H2,(H,32,36)(H2,33,34,38)/t25-/m1/s1. The zero-order valence-electron chi connectivity index (χ0n) is 20.7. The van der Waals surface area contributed by atoms with E-state index in [1.54, 1.807) is 4.90 Å². The first-order chi connectivity index (χ1) is 18.4. The van der Waals surface area contributed by atoms with E-state index in [1.165, 1.54) is 23.3 Å². The third kappa shape index (κ3) is 5.64. The van der Waals surface area contributed by atoms with Gasteiger partial charge >= 0.3 is 6.03 Å². The molecule has 1 fully saturated rings. The number of aryl methyl sites for hydroxylation is 1. The van der Waals surface area contributed by atoms with E-state index in [2.05, 4.69) is 34.1 Å². The normalized spacial score (nSPS) is 16.4. The Morgan fingerprint density at radius 1 is 0.868 bits per heavy atom. The highest BCUT2D eigenvalue weighted by Crippen LogP contribution is 2.32. The fourth-order valence-corrected chi connectivity index (χ4v) is 5.69. The highest BCUT2D eigenvalue weighted by Gasteiger charge is 2.33. The van der Waals surface area contributed by atoms with Crippen molar-refractivity contribution < 1.29 is 14.4 Å². The molecule has 0 radical (unpaired) electrons. The molecular formula is C29H28Cl2N4O3. The summed E-state index contributed by atoms with van der Waals surface area (Å²) in [7, 11) is 0. The molecule has 4 amide bonds. The van der Waals surface area contributed by atoms with Gasteiger partial charge < -0.3 is 20.9 Å². The quantitative estimate of drug-likeness (QED) is 0.363. The maximum atomic E-state index is 12.9. The number of hydrogen-bond acceptors (Lipinski definition) is 3. The van der Waals surface area contributed by atoms with Crippen LogP contribution in [0, 0.1) is 0 Å². The number of carbonyl (C=O) groups is 3. The number of halogens is 2. The van der Waals surface area contributed by atoms with Gasteiger partial charge in [0.1, 0.15) is 0 Å². The van der Waals surface area contributed by atoms with Gasteiger partial charge in [-0.2, -0.15) is 0 Å². The van der Waals surface area contributed by atoms with E-state index < -0.39 is 5.91 Å². The van der Waals surface area contributed by atoms with Crippen LogP contribution in [0.15, 0.2) is 66.7 Å². The van der Waals surface area contributed by atoms with Crippen molar-refractivity contribution >= 4 is 41.0 Å². The summed E-state index contributed by atoms with van der Waals surface area (Å²) in [5.41, 5.74) is 4.05. The maximum Gasteiger partial charge on any atom is 0.315 e. The second kappa shape index (κ2) is 11.5. The van der Waals surface area contributed by atoms with Crippen molar-refractivity contribution in [3.8, 4) is 0 Å². The number of fused-ring (bicyclic) bond motifs is 1. The molecule has 0 bridgehead atoms. The van der Waals surface area contributed by atoms with Gasteiger partial charge in [-0.3, -0.25) is 9.59 Å². The SMILES string of the molecule is O=C(NCCNC(=O)c1c(Cl)cc(C(=O)N2CC(c3ccccc3)C2)cc1Cl)N[C@@H]1CCc2ccccc21. The summed E-state index contributed by atoms with van der Waals surface area (Å²) in [5, 5.41) is 8.66. The molecule has 3 aromatic rings. The monoisotopic (exact) mass is 550 g/mol. The maximum absolute atomic E-state index is 12.9. The Morgan fingerprint density at radius 2 is 1.53 bits per heavy atom. The summed E-state index contributed by atoms with van der Waals surface area (Å²) in [6, 6.07) is 20.8. The number of carbonyl (C=O) groups excluding carboxylic acids is 3. The molecule has 5 rings (SSSR count). The van der Waals surface area contributed by atoms with Crippen LogP contribution in [0.25, 0.3) is 0 Å². The van der Waals surface area contributed by atoms with Crippen LogP contribution < -0.4 is 16.0 Å². The van der Waals surface area contributed by atoms with Crippen molar-refractivity contribution in [3.63, 3.8) is 0 Å². The predicted octanol–water partition coefficient (Wildman–Crippen LogP) is 4.95. The first-order valence-corrected chi connectivity index (χ1v) is 13.4. The lowest BCUT2D eigenvalue weighted by Crippen LogP contribution is -2.48. The highest BCUT2D eigenvalue weighted by atomic mass is 35.5. The largest absolute Gasteiger partial charge is 0.350 e. The smallest absolute Gasteiger partial charge is 0.315 e. The minimum Gasteiger partial charge on any atom is -0.350 e. The third-order valence-electron chi connectivity index (χ3n) is 7.09. The average Bonchev–Trinajstić information content (AvgIpc) is 3.28. The second-order valence-corrected chi connectivity index (χ2v) is 10.4. The molecule has 0 saturated carbocycles. The molecule has 1 aliphatic carbocycles. The summed E-state index contributed by atoms with van der Waals surface area (Å²) >= 11 is 12.7. The Morgan fingerprint density at radius 3 is 2.26 bits per heavy atom. The van der Waals surface area contributed by atoms with Gasteiger partial charge in [-0.25, -0.2) is 4.79 Å². The fraction of sp³-hybridized carbons (Fsp3) is 0.276. The number of nitrogens with one attached hydrogen (secondary N) is 3. The van der Waals surface area contributed by atoms with Crippen LogP contribution in [-0.4, -0.2) is 48.9 Å². The average molecular weight is 551 g/mol. The molecule has 3 N–H and O–H groups in total. The zero-order chi connectivity index (χ0) is 26.6. The summed E-state index contributed by atoms with van der Waals surface area (Å²) in [5.74, 6) is -0.340. The van der Waals surface area contributed by atoms with Gasteiger partial charge in [0, 0.05) is 37.7 Å². The first kappa shape index (κ1) is 26.1. The Bertz CT molecular complexity index is 1340. The van der Waals surface area contributed by atoms with E-state index in [0.717, 1.165) is 18.4 Å². The van der Waals surface area contributed by atoms with Crippen LogP contribution in [0.4, 0.5) is 4.79 Å². The molecule has 0 aromatic heterocycles. The van der Waals surface area contributed by atoms with Crippen LogP contribution >= 0.6 is 23.2 Å². The minimum absolute atomic E-state index is 0.0138. The van der Waals surface area contributed by atoms with Crippen LogP contribution in [0.3, 0.4) is 0 Å². The number of likely N-dealkylation sites (tertiary alicyclic amines) is 1. The lowest BCUT2D eigenvalue weighted by atomic mass is 9.91. The van der Waals surface area contributed by atoms with Crippen molar-refractivity contribution in [2.24, 2.45) is 0 Å². The molecule has 1 atom stereocenters. The van der Waals surface area contributed by atoms with Crippen molar-refractivity contribution in [2.45, 2.75) is 24.8 Å². The molecule has 0 unspecified atom stereocenters. The first-order valence-electron chi connectivity index (χ1n) is 12.6. The lowest BCUT2D eigenvalue weighted by molar-refractivity contribution is 0.0602. The van der Waals surface area contributed by atoms with Crippen molar-refractivity contribution in [3.05, 3.63) is 105 Å². The van der Waals surface area contributed by atoms with E-state index in [-0.39, 0.29) is 46.7 Å². The topological polar surface area (TPSA) is 90.5 Å². The van der Waals surface area contributed by atoms with Crippen LogP contribution in [0.2, 0.25) is 10.0 Å². The van der Waals surface area contributed by atoms with E-state index in [9.17, 15) is 14.4 Å². The molecule has 0 spiro atoms. The van der Waals surface area contributed by atoms with Crippen molar-refractivity contribution in [2.75, 3.05) is 26.2 Å². The summed E-state index contributed by atoms with van der Waals surface area (Å²) < 4.78 is 0. The Labute approximate surface area is 231 Å². The van der Waals surface area contributed by atoms with E-state index in [0.29, 0.717) is 24.6 Å². The Hall–Kier alpha value is -3.55. The Balaban J connectivity index is 1.09. The summed E-state index contributed by atoms with van der Waals surface area (Å²) in [6.07, 6.45) is 1.81. The van der Waals surface area contributed by atoms with Crippen LogP contribution in [-0.2, 0) is 6.42 Å². The molecule has 9 heteroatoms. The molecule has 1 saturated heterocycles. The van der Waals surface area contributed by atoms with Gasteiger partial charge in [-0.15, -0.1) is 0 Å². The molecular weight excluding hydrogens is 523 g/mol. The highest BCUT2D eigenvalue weighted by molar-refractivity contribution is 6.40. The lowest BCUT2D eigenvalue weighted by Gasteiger charge is -2.39.